The molecule has 0 radical (unpaired) electrons. The van der Waals surface area contributed by atoms with Gasteiger partial charge < -0.3 is 20.3 Å². The maximum absolute atomic E-state index is 12.4. The number of carbonyl (C=O) groups is 1. The van der Waals surface area contributed by atoms with Crippen LogP contribution in [0.25, 0.3) is 0 Å². The summed E-state index contributed by atoms with van der Waals surface area (Å²) in [6.07, 6.45) is 9.28. The van der Waals surface area contributed by atoms with Crippen LogP contribution in [-0.2, 0) is 11.3 Å². The van der Waals surface area contributed by atoms with E-state index in [1.165, 1.54) is 25.7 Å². The number of urea groups is 1. The van der Waals surface area contributed by atoms with Gasteiger partial charge in [-0.25, -0.2) is 9.78 Å². The lowest BCUT2D eigenvalue weighted by Gasteiger charge is -2.40. The van der Waals surface area contributed by atoms with Crippen molar-refractivity contribution in [2.45, 2.75) is 71.9 Å². The molecule has 2 unspecified atom stereocenters. The van der Waals surface area contributed by atoms with Crippen LogP contribution in [0.4, 0.5) is 10.6 Å². The highest BCUT2D eigenvalue weighted by molar-refractivity contribution is 5.73. The fourth-order valence-corrected chi connectivity index (χ4v) is 4.52. The molecule has 0 bridgehead atoms. The maximum atomic E-state index is 12.4. The number of pyridine rings is 1. The molecule has 3 heterocycles. The number of nitrogens with zero attached hydrogens (tertiary/aromatic N) is 2. The molecule has 2 saturated heterocycles. The Morgan fingerprint density at radius 2 is 1.93 bits per heavy atom. The Bertz CT molecular complexity index is 651. The summed E-state index contributed by atoms with van der Waals surface area (Å²) in [4.78, 5) is 19.3. The van der Waals surface area contributed by atoms with Crippen LogP contribution >= 0.6 is 0 Å². The molecule has 2 N–H and O–H groups in total. The summed E-state index contributed by atoms with van der Waals surface area (Å²) < 4.78 is 6.01. The van der Waals surface area contributed by atoms with E-state index in [0.29, 0.717) is 19.0 Å². The molecule has 0 aliphatic carbocycles. The number of carbonyl (C=O) groups excluding carboxylic acids is 1. The van der Waals surface area contributed by atoms with Gasteiger partial charge >= 0.3 is 6.03 Å². The molecular weight excluding hydrogens is 364 g/mol. The van der Waals surface area contributed by atoms with Crippen molar-refractivity contribution < 1.29 is 9.53 Å². The third-order valence-corrected chi connectivity index (χ3v) is 6.02. The minimum Gasteiger partial charge on any atom is -0.377 e. The summed E-state index contributed by atoms with van der Waals surface area (Å²) >= 11 is 0. The van der Waals surface area contributed by atoms with Crippen molar-refractivity contribution in [2.75, 3.05) is 31.1 Å². The van der Waals surface area contributed by atoms with Gasteiger partial charge in [0.1, 0.15) is 5.82 Å². The predicted molar refractivity (Wildman–Crippen MR) is 117 cm³/mol. The average Bonchev–Trinajstić information content (AvgIpc) is 3.00. The zero-order valence-electron chi connectivity index (χ0n) is 18.4. The lowest BCUT2D eigenvalue weighted by atomic mass is 9.78. The van der Waals surface area contributed by atoms with Gasteiger partial charge in [0.25, 0.3) is 0 Å². The van der Waals surface area contributed by atoms with Crippen molar-refractivity contribution in [3.8, 4) is 0 Å². The Labute approximate surface area is 175 Å². The van der Waals surface area contributed by atoms with Crippen molar-refractivity contribution in [3.63, 3.8) is 0 Å². The molecule has 0 saturated carbocycles. The Morgan fingerprint density at radius 3 is 2.66 bits per heavy atom. The van der Waals surface area contributed by atoms with Gasteiger partial charge in [0.05, 0.1) is 6.10 Å². The van der Waals surface area contributed by atoms with Gasteiger partial charge in [-0.05, 0) is 48.8 Å². The molecule has 0 aromatic carbocycles. The van der Waals surface area contributed by atoms with Crippen LogP contribution in [-0.4, -0.2) is 43.4 Å². The average molecular weight is 403 g/mol. The molecular formula is C23H38N4O2. The summed E-state index contributed by atoms with van der Waals surface area (Å²) in [5, 5.41) is 6.05. The number of hydrogen-bond donors (Lipinski definition) is 2. The van der Waals surface area contributed by atoms with Crippen LogP contribution in [0.2, 0.25) is 0 Å². The normalized spacial score (nSPS) is 23.3. The fraction of sp³-hybridized carbons (Fsp3) is 0.739. The summed E-state index contributed by atoms with van der Waals surface area (Å²) in [5.41, 5.74) is 1.17. The summed E-state index contributed by atoms with van der Waals surface area (Å²) in [7, 11) is 0. The first-order valence-electron chi connectivity index (χ1n) is 11.3. The molecule has 29 heavy (non-hydrogen) atoms. The lowest BCUT2D eigenvalue weighted by Crippen LogP contribution is -2.46. The second-order valence-corrected chi connectivity index (χ2v) is 9.55. The van der Waals surface area contributed by atoms with Crippen LogP contribution in [0.3, 0.4) is 0 Å². The molecule has 6 nitrogen and oxygen atoms in total. The molecule has 2 fully saturated rings. The molecule has 2 aliphatic rings. The highest BCUT2D eigenvalue weighted by Gasteiger charge is 2.35. The molecule has 2 aliphatic heterocycles. The maximum Gasteiger partial charge on any atom is 0.315 e. The van der Waals surface area contributed by atoms with Gasteiger partial charge in [0.15, 0.2) is 0 Å². The van der Waals surface area contributed by atoms with E-state index in [2.05, 4.69) is 47.4 Å². The van der Waals surface area contributed by atoms with Gasteiger partial charge in [-0.3, -0.25) is 0 Å². The first kappa shape index (κ1) is 21.9. The largest absolute Gasteiger partial charge is 0.377 e. The third kappa shape index (κ3) is 6.59. The number of nitrogens with one attached hydrogen (secondary N) is 2. The fourth-order valence-electron chi connectivity index (χ4n) is 4.52. The zero-order chi connectivity index (χ0) is 20.7. The lowest BCUT2D eigenvalue weighted by molar-refractivity contribution is -0.0837. The van der Waals surface area contributed by atoms with E-state index in [1.54, 1.807) is 0 Å². The van der Waals surface area contributed by atoms with Crippen LogP contribution < -0.4 is 15.5 Å². The van der Waals surface area contributed by atoms with E-state index < -0.39 is 0 Å². The van der Waals surface area contributed by atoms with E-state index in [-0.39, 0.29) is 17.6 Å². The van der Waals surface area contributed by atoms with E-state index in [4.69, 9.17) is 4.74 Å². The topological polar surface area (TPSA) is 66.5 Å². The summed E-state index contributed by atoms with van der Waals surface area (Å²) in [6, 6.07) is 3.97. The van der Waals surface area contributed by atoms with Gasteiger partial charge in [0, 0.05) is 44.9 Å². The third-order valence-electron chi connectivity index (χ3n) is 6.02. The number of anilines is 1. The Balaban J connectivity index is 1.47. The van der Waals surface area contributed by atoms with E-state index in [9.17, 15) is 4.79 Å². The van der Waals surface area contributed by atoms with Crippen LogP contribution in [0.15, 0.2) is 18.3 Å². The van der Waals surface area contributed by atoms with Gasteiger partial charge in [-0.15, -0.1) is 0 Å². The van der Waals surface area contributed by atoms with Crippen molar-refractivity contribution in [2.24, 2.45) is 11.3 Å². The molecule has 6 heteroatoms. The number of hydrogen-bond acceptors (Lipinski definition) is 4. The highest BCUT2D eigenvalue weighted by Crippen LogP contribution is 2.33. The standard InChI is InChI=1S/C23H38N4O2/c1-23(2,3)21-19(9-8-14-29-21)17-26-22(28)25-16-18-10-11-24-20(15-18)27-12-6-4-5-7-13-27/h10-11,15,19,21H,4-9,12-14,16-17H2,1-3H3,(H2,25,26,28). The van der Waals surface area contributed by atoms with Gasteiger partial charge in [-0.2, -0.15) is 0 Å². The van der Waals surface area contributed by atoms with E-state index in [0.717, 1.165) is 43.9 Å². The number of ether oxygens (including phenoxy) is 1. The minimum atomic E-state index is -0.114. The highest BCUT2D eigenvalue weighted by atomic mass is 16.5. The predicted octanol–water partition coefficient (Wildman–Crippen LogP) is 4.10. The first-order chi connectivity index (χ1) is 13.9. The van der Waals surface area contributed by atoms with Crippen LogP contribution in [0.1, 0.15) is 64.9 Å². The van der Waals surface area contributed by atoms with Gasteiger partial charge in [0.2, 0.25) is 0 Å². The van der Waals surface area contributed by atoms with Crippen molar-refractivity contribution >= 4 is 11.8 Å². The molecule has 2 atom stereocenters. The minimum absolute atomic E-state index is 0.0873. The molecule has 1 aromatic heterocycles. The first-order valence-corrected chi connectivity index (χ1v) is 11.3. The Hall–Kier alpha value is -1.82. The van der Waals surface area contributed by atoms with Crippen molar-refractivity contribution in [3.05, 3.63) is 23.9 Å². The number of rotatable bonds is 5. The number of amides is 2. The summed E-state index contributed by atoms with van der Waals surface area (Å²) in [6.45, 7) is 10.8. The molecule has 3 rings (SSSR count). The molecule has 1 aromatic rings. The Kier molecular flexibility index (Phi) is 7.76. The van der Waals surface area contributed by atoms with Crippen LogP contribution in [0, 0.1) is 11.3 Å². The van der Waals surface area contributed by atoms with Crippen LogP contribution in [0.5, 0.6) is 0 Å². The second-order valence-electron chi connectivity index (χ2n) is 9.55. The van der Waals surface area contributed by atoms with E-state index >= 15 is 0 Å². The molecule has 0 spiro atoms. The summed E-state index contributed by atoms with van der Waals surface area (Å²) in [5.74, 6) is 1.39. The van der Waals surface area contributed by atoms with Gasteiger partial charge in [-0.1, -0.05) is 33.6 Å². The SMILES string of the molecule is CC(C)(C)C1OCCCC1CNC(=O)NCc1ccnc(N2CCCCCC2)c1. The molecule has 162 valence electrons. The molecule has 2 amide bonds. The van der Waals surface area contributed by atoms with Crippen molar-refractivity contribution in [1.82, 2.24) is 15.6 Å². The smallest absolute Gasteiger partial charge is 0.315 e. The van der Waals surface area contributed by atoms with Crippen molar-refractivity contribution in [1.29, 1.82) is 0 Å². The van der Waals surface area contributed by atoms with E-state index in [1.807, 2.05) is 12.3 Å². The number of aromatic nitrogens is 1. The zero-order valence-corrected chi connectivity index (χ0v) is 18.4. The second kappa shape index (κ2) is 10.3. The Morgan fingerprint density at radius 1 is 1.17 bits per heavy atom. The monoisotopic (exact) mass is 402 g/mol. The quantitative estimate of drug-likeness (QED) is 0.778.